The molecule has 1 atom stereocenters. The third-order valence-electron chi connectivity index (χ3n) is 5.10. The molecular weight excluding hydrogens is 326 g/mol. The summed E-state index contributed by atoms with van der Waals surface area (Å²) in [5, 5.41) is 3.57. The molecule has 1 aromatic heterocycles. The number of amides is 1. The maximum absolute atomic E-state index is 12.5. The number of nitrogen functional groups attached to an aromatic ring is 1. The van der Waals surface area contributed by atoms with E-state index < -0.39 is 0 Å². The van der Waals surface area contributed by atoms with Crippen LogP contribution in [0.25, 0.3) is 11.3 Å². The highest BCUT2D eigenvalue weighted by atomic mass is 35.5. The van der Waals surface area contributed by atoms with Crippen molar-refractivity contribution < 1.29 is 9.21 Å². The van der Waals surface area contributed by atoms with Crippen molar-refractivity contribution in [1.29, 1.82) is 0 Å². The lowest BCUT2D eigenvalue weighted by Crippen LogP contribution is -2.57. The van der Waals surface area contributed by atoms with E-state index in [-0.39, 0.29) is 11.9 Å². The number of carbonyl (C=O) groups excluding carboxylic acids is 1. The Labute approximate surface area is 145 Å². The Hall–Kier alpha value is -1.98. The van der Waals surface area contributed by atoms with Crippen molar-refractivity contribution in [3.8, 4) is 11.3 Å². The first kappa shape index (κ1) is 15.5. The summed E-state index contributed by atoms with van der Waals surface area (Å²) in [6.07, 6.45) is 2.32. The van der Waals surface area contributed by atoms with E-state index in [9.17, 15) is 4.79 Å². The van der Waals surface area contributed by atoms with Crippen molar-refractivity contribution in [2.24, 2.45) is 5.92 Å². The normalized spacial score (nSPS) is 25.6. The molecule has 0 saturated carbocycles. The minimum absolute atomic E-state index is 0.167. The number of furan rings is 1. The van der Waals surface area contributed by atoms with Crippen molar-refractivity contribution in [1.82, 2.24) is 10.2 Å². The Morgan fingerprint density at radius 1 is 1.25 bits per heavy atom. The molecule has 126 valence electrons. The molecule has 1 amide bonds. The Morgan fingerprint density at radius 3 is 2.75 bits per heavy atom. The number of rotatable bonds is 3. The number of nitrogens with one attached hydrogen (secondary N) is 1. The van der Waals surface area contributed by atoms with E-state index in [0.29, 0.717) is 33.7 Å². The number of benzene rings is 1. The zero-order valence-electron chi connectivity index (χ0n) is 13.3. The molecule has 0 spiro atoms. The van der Waals surface area contributed by atoms with Crippen molar-refractivity contribution in [2.45, 2.75) is 18.9 Å². The molecular formula is C18H20ClN3O2. The van der Waals surface area contributed by atoms with Crippen LogP contribution < -0.4 is 11.1 Å². The fourth-order valence-corrected chi connectivity index (χ4v) is 3.93. The van der Waals surface area contributed by atoms with E-state index in [1.165, 1.54) is 0 Å². The Bertz CT molecular complexity index is 765. The van der Waals surface area contributed by atoms with Gasteiger partial charge in [0, 0.05) is 18.2 Å². The molecule has 0 unspecified atom stereocenters. The van der Waals surface area contributed by atoms with Crippen LogP contribution >= 0.6 is 11.6 Å². The summed E-state index contributed by atoms with van der Waals surface area (Å²) >= 11 is 6.22. The van der Waals surface area contributed by atoms with Crippen molar-refractivity contribution in [3.63, 3.8) is 0 Å². The fraction of sp³-hybridized carbons (Fsp3) is 0.389. The van der Waals surface area contributed by atoms with Crippen LogP contribution in [0.5, 0.6) is 0 Å². The van der Waals surface area contributed by atoms with Gasteiger partial charge in [0.1, 0.15) is 5.76 Å². The van der Waals surface area contributed by atoms with Crippen LogP contribution in [0, 0.1) is 5.92 Å². The van der Waals surface area contributed by atoms with Crippen LogP contribution in [-0.4, -0.2) is 36.5 Å². The topological polar surface area (TPSA) is 71.5 Å². The van der Waals surface area contributed by atoms with E-state index in [0.717, 1.165) is 32.5 Å². The highest BCUT2D eigenvalue weighted by Gasteiger charge is 2.35. The van der Waals surface area contributed by atoms with Crippen LogP contribution in [0.1, 0.15) is 23.4 Å². The van der Waals surface area contributed by atoms with Crippen LogP contribution in [-0.2, 0) is 0 Å². The lowest BCUT2D eigenvalue weighted by atomic mass is 9.84. The average molecular weight is 346 g/mol. The number of fused-ring (bicyclic) bond motifs is 3. The largest absolute Gasteiger partial charge is 0.451 e. The zero-order valence-corrected chi connectivity index (χ0v) is 14.1. The van der Waals surface area contributed by atoms with Gasteiger partial charge in [0.25, 0.3) is 5.91 Å². The van der Waals surface area contributed by atoms with Gasteiger partial charge in [-0.05, 0) is 56.1 Å². The SMILES string of the molecule is Nc1cccc(-c2ccc(C(=O)N[C@H]3CN4CCC3CC4)o2)c1Cl. The highest BCUT2D eigenvalue weighted by Crippen LogP contribution is 2.33. The van der Waals surface area contributed by atoms with Crippen molar-refractivity contribution >= 4 is 23.2 Å². The maximum atomic E-state index is 12.5. The number of halogens is 1. The molecule has 4 heterocycles. The molecule has 5 rings (SSSR count). The van der Waals surface area contributed by atoms with Gasteiger partial charge in [0.2, 0.25) is 0 Å². The molecule has 5 nitrogen and oxygen atoms in total. The van der Waals surface area contributed by atoms with E-state index in [2.05, 4.69) is 10.2 Å². The van der Waals surface area contributed by atoms with Gasteiger partial charge in [-0.2, -0.15) is 0 Å². The lowest BCUT2D eigenvalue weighted by molar-refractivity contribution is 0.0606. The second-order valence-corrected chi connectivity index (χ2v) is 6.97. The number of hydrogen-bond acceptors (Lipinski definition) is 4. The highest BCUT2D eigenvalue weighted by molar-refractivity contribution is 6.35. The molecule has 1 aromatic carbocycles. The predicted molar refractivity (Wildman–Crippen MR) is 94.0 cm³/mol. The fourth-order valence-electron chi connectivity index (χ4n) is 3.71. The standard InChI is InChI=1S/C18H20ClN3O2/c19-17-12(2-1-3-13(17)20)15-4-5-16(24-15)18(23)21-14-10-22-8-6-11(14)7-9-22/h1-5,11,14H,6-10,20H2,(H,21,23)/t14-/m0/s1. The molecule has 2 aromatic rings. The second kappa shape index (κ2) is 6.15. The Kier molecular flexibility index (Phi) is 3.98. The smallest absolute Gasteiger partial charge is 0.287 e. The van der Waals surface area contributed by atoms with Crippen LogP contribution in [0.4, 0.5) is 5.69 Å². The number of piperidine rings is 3. The summed E-state index contributed by atoms with van der Waals surface area (Å²) < 4.78 is 5.72. The lowest BCUT2D eigenvalue weighted by Gasteiger charge is -2.44. The minimum atomic E-state index is -0.167. The van der Waals surface area contributed by atoms with Gasteiger partial charge in [-0.15, -0.1) is 0 Å². The first-order valence-electron chi connectivity index (χ1n) is 8.29. The average Bonchev–Trinajstić information content (AvgIpc) is 3.08. The molecule has 6 heteroatoms. The van der Waals surface area contributed by atoms with Gasteiger partial charge in [0.05, 0.1) is 10.7 Å². The maximum Gasteiger partial charge on any atom is 0.287 e. The van der Waals surface area contributed by atoms with E-state index in [4.69, 9.17) is 21.8 Å². The molecule has 3 fully saturated rings. The molecule has 0 radical (unpaired) electrons. The number of nitrogens with zero attached hydrogens (tertiary/aromatic N) is 1. The zero-order chi connectivity index (χ0) is 16.7. The van der Waals surface area contributed by atoms with Crippen molar-refractivity contribution in [3.05, 3.63) is 41.1 Å². The van der Waals surface area contributed by atoms with E-state index in [1.54, 1.807) is 18.2 Å². The molecule has 3 saturated heterocycles. The summed E-state index contributed by atoms with van der Waals surface area (Å²) in [6, 6.07) is 9.02. The predicted octanol–water partition coefficient (Wildman–Crippen LogP) is 3.01. The summed E-state index contributed by atoms with van der Waals surface area (Å²) in [5.74, 6) is 1.27. The summed E-state index contributed by atoms with van der Waals surface area (Å²) in [5.41, 5.74) is 7.01. The van der Waals surface area contributed by atoms with Crippen LogP contribution in [0.2, 0.25) is 5.02 Å². The summed E-state index contributed by atoms with van der Waals surface area (Å²) in [7, 11) is 0. The van der Waals surface area contributed by atoms with E-state index >= 15 is 0 Å². The minimum Gasteiger partial charge on any atom is -0.451 e. The third kappa shape index (κ3) is 2.78. The van der Waals surface area contributed by atoms with Gasteiger partial charge < -0.3 is 20.4 Å². The van der Waals surface area contributed by atoms with Crippen LogP contribution in [0.15, 0.2) is 34.7 Å². The second-order valence-electron chi connectivity index (χ2n) is 6.59. The third-order valence-corrected chi connectivity index (χ3v) is 5.52. The number of anilines is 1. The van der Waals surface area contributed by atoms with Gasteiger partial charge in [-0.3, -0.25) is 4.79 Å². The monoisotopic (exact) mass is 345 g/mol. The quantitative estimate of drug-likeness (QED) is 0.839. The van der Waals surface area contributed by atoms with Gasteiger partial charge >= 0.3 is 0 Å². The van der Waals surface area contributed by atoms with Crippen LogP contribution in [0.3, 0.4) is 0 Å². The summed E-state index contributed by atoms with van der Waals surface area (Å²) in [6.45, 7) is 3.23. The first-order valence-corrected chi connectivity index (χ1v) is 8.67. The summed E-state index contributed by atoms with van der Waals surface area (Å²) in [4.78, 5) is 14.9. The Morgan fingerprint density at radius 2 is 2.04 bits per heavy atom. The molecule has 3 aliphatic rings. The van der Waals surface area contributed by atoms with Gasteiger partial charge in [-0.25, -0.2) is 0 Å². The van der Waals surface area contributed by atoms with Gasteiger partial charge in [0.15, 0.2) is 5.76 Å². The molecule has 2 bridgehead atoms. The number of carbonyl (C=O) groups is 1. The van der Waals surface area contributed by atoms with Gasteiger partial charge in [-0.1, -0.05) is 17.7 Å². The first-order chi connectivity index (χ1) is 11.6. The molecule has 24 heavy (non-hydrogen) atoms. The Balaban J connectivity index is 1.50. The van der Waals surface area contributed by atoms with E-state index in [1.807, 2.05) is 12.1 Å². The molecule has 3 aliphatic heterocycles. The van der Waals surface area contributed by atoms with Crippen molar-refractivity contribution in [2.75, 3.05) is 25.4 Å². The number of hydrogen-bond donors (Lipinski definition) is 2. The molecule has 3 N–H and O–H groups in total. The number of nitrogens with two attached hydrogens (primary N) is 1. The molecule has 0 aliphatic carbocycles.